The first-order chi connectivity index (χ1) is 8.85. The molecule has 0 spiro atoms. The molecule has 0 aliphatic heterocycles. The maximum Gasteiger partial charge on any atom is 0.119 e. The van der Waals surface area contributed by atoms with Crippen LogP contribution < -0.4 is 4.74 Å². The molecule has 2 aromatic rings. The molecule has 0 saturated heterocycles. The number of hydrogen-bond acceptors (Lipinski definition) is 1. The zero-order valence-corrected chi connectivity index (χ0v) is 10.8. The molecule has 0 aromatic heterocycles. The van der Waals surface area contributed by atoms with E-state index in [0.717, 1.165) is 5.75 Å². The predicted octanol–water partition coefficient (Wildman–Crippen LogP) is 4.40. The Morgan fingerprint density at radius 2 is 1.67 bits per heavy atom. The van der Waals surface area contributed by atoms with Crippen LogP contribution in [0, 0.1) is 0 Å². The van der Waals surface area contributed by atoms with E-state index in [-0.39, 0.29) is 5.92 Å². The fourth-order valence-electron chi connectivity index (χ4n) is 2.10. The topological polar surface area (TPSA) is 9.23 Å². The van der Waals surface area contributed by atoms with Crippen LogP contribution in [0.25, 0.3) is 0 Å². The van der Waals surface area contributed by atoms with Gasteiger partial charge in [0.25, 0.3) is 0 Å². The molecule has 0 bridgehead atoms. The van der Waals surface area contributed by atoms with Crippen LogP contribution in [0.1, 0.15) is 24.0 Å². The Hall–Kier alpha value is -2.02. The van der Waals surface area contributed by atoms with Gasteiger partial charge in [0.2, 0.25) is 0 Å². The predicted molar refractivity (Wildman–Crippen MR) is 76.1 cm³/mol. The molecule has 0 aliphatic carbocycles. The first-order valence-electron chi connectivity index (χ1n) is 6.17. The van der Waals surface area contributed by atoms with Crippen molar-refractivity contribution in [2.45, 2.75) is 12.8 Å². The maximum atomic E-state index is 5.29. The van der Waals surface area contributed by atoms with Crippen molar-refractivity contribution >= 4 is 0 Å². The van der Waals surface area contributed by atoms with Crippen molar-refractivity contribution < 1.29 is 4.74 Å². The van der Waals surface area contributed by atoms with Gasteiger partial charge >= 0.3 is 0 Å². The van der Waals surface area contributed by atoms with E-state index in [4.69, 9.17) is 4.74 Å². The summed E-state index contributed by atoms with van der Waals surface area (Å²) in [4.78, 5) is 0. The maximum absolute atomic E-state index is 5.29. The standard InChI is InChI=1S/C17H18O/c1-3-8-17(14-9-5-4-6-10-14)15-11-7-12-16(13-15)18-2/h3-13,17H,1-2H3/b8-3+. The van der Waals surface area contributed by atoms with E-state index in [1.807, 2.05) is 18.2 Å². The fraction of sp³-hybridized carbons (Fsp3) is 0.176. The van der Waals surface area contributed by atoms with Gasteiger partial charge in [-0.15, -0.1) is 0 Å². The van der Waals surface area contributed by atoms with Gasteiger partial charge < -0.3 is 4.74 Å². The molecule has 0 heterocycles. The van der Waals surface area contributed by atoms with Crippen LogP contribution in [-0.2, 0) is 0 Å². The molecule has 0 fully saturated rings. The summed E-state index contributed by atoms with van der Waals surface area (Å²) in [6.45, 7) is 2.05. The lowest BCUT2D eigenvalue weighted by Crippen LogP contribution is -1.98. The van der Waals surface area contributed by atoms with Crippen molar-refractivity contribution in [3.05, 3.63) is 77.9 Å². The average Bonchev–Trinajstić information content (AvgIpc) is 2.46. The summed E-state index contributed by atoms with van der Waals surface area (Å²) < 4.78 is 5.29. The van der Waals surface area contributed by atoms with Crippen LogP contribution in [0.2, 0.25) is 0 Å². The van der Waals surface area contributed by atoms with Crippen molar-refractivity contribution in [2.75, 3.05) is 7.11 Å². The Labute approximate surface area is 109 Å². The Morgan fingerprint density at radius 1 is 0.944 bits per heavy atom. The summed E-state index contributed by atoms with van der Waals surface area (Å²) in [5.74, 6) is 1.18. The summed E-state index contributed by atoms with van der Waals surface area (Å²) in [6.07, 6.45) is 4.31. The molecule has 2 aromatic carbocycles. The van der Waals surface area contributed by atoms with Crippen molar-refractivity contribution in [1.29, 1.82) is 0 Å². The van der Waals surface area contributed by atoms with Gasteiger partial charge in [0.05, 0.1) is 7.11 Å². The third-order valence-electron chi connectivity index (χ3n) is 3.00. The molecule has 0 aliphatic rings. The number of benzene rings is 2. The van der Waals surface area contributed by atoms with Gasteiger partial charge in [-0.05, 0) is 30.2 Å². The fourth-order valence-corrected chi connectivity index (χ4v) is 2.10. The molecule has 1 unspecified atom stereocenters. The van der Waals surface area contributed by atoms with Crippen LogP contribution in [0.4, 0.5) is 0 Å². The van der Waals surface area contributed by atoms with Gasteiger partial charge in [0, 0.05) is 5.92 Å². The number of methoxy groups -OCH3 is 1. The number of allylic oxidation sites excluding steroid dienone is 2. The molecule has 0 amide bonds. The van der Waals surface area contributed by atoms with Crippen molar-refractivity contribution in [2.24, 2.45) is 0 Å². The first kappa shape index (κ1) is 12.4. The van der Waals surface area contributed by atoms with E-state index in [2.05, 4.69) is 55.5 Å². The van der Waals surface area contributed by atoms with E-state index in [9.17, 15) is 0 Å². The first-order valence-corrected chi connectivity index (χ1v) is 6.17. The minimum absolute atomic E-state index is 0.284. The summed E-state index contributed by atoms with van der Waals surface area (Å²) in [7, 11) is 1.70. The molecule has 0 N–H and O–H groups in total. The minimum Gasteiger partial charge on any atom is -0.497 e. The van der Waals surface area contributed by atoms with Gasteiger partial charge in [0.1, 0.15) is 5.75 Å². The third kappa shape index (κ3) is 2.80. The molecule has 1 nitrogen and oxygen atoms in total. The molecule has 0 saturated carbocycles. The summed E-state index contributed by atoms with van der Waals surface area (Å²) in [6, 6.07) is 18.8. The van der Waals surface area contributed by atoms with E-state index >= 15 is 0 Å². The van der Waals surface area contributed by atoms with Crippen LogP contribution in [-0.4, -0.2) is 7.11 Å². The largest absolute Gasteiger partial charge is 0.497 e. The highest BCUT2D eigenvalue weighted by molar-refractivity contribution is 5.40. The summed E-state index contributed by atoms with van der Waals surface area (Å²) in [5, 5.41) is 0. The normalized spacial score (nSPS) is 12.6. The van der Waals surface area contributed by atoms with Crippen molar-refractivity contribution in [1.82, 2.24) is 0 Å². The van der Waals surface area contributed by atoms with E-state index in [1.54, 1.807) is 7.11 Å². The van der Waals surface area contributed by atoms with Gasteiger partial charge in [-0.25, -0.2) is 0 Å². The SMILES string of the molecule is C/C=C/C(c1ccccc1)c1cccc(OC)c1. The molecule has 1 heteroatoms. The van der Waals surface area contributed by atoms with Gasteiger partial charge in [-0.2, -0.15) is 0 Å². The van der Waals surface area contributed by atoms with E-state index in [1.165, 1.54) is 11.1 Å². The van der Waals surface area contributed by atoms with E-state index in [0.29, 0.717) is 0 Å². The van der Waals surface area contributed by atoms with Crippen LogP contribution in [0.3, 0.4) is 0 Å². The molecule has 1 atom stereocenters. The molecular weight excluding hydrogens is 220 g/mol. The van der Waals surface area contributed by atoms with Gasteiger partial charge in [-0.3, -0.25) is 0 Å². The second-order valence-corrected chi connectivity index (χ2v) is 4.19. The highest BCUT2D eigenvalue weighted by Crippen LogP contribution is 2.28. The summed E-state index contributed by atoms with van der Waals surface area (Å²) >= 11 is 0. The number of hydrogen-bond donors (Lipinski definition) is 0. The van der Waals surface area contributed by atoms with Crippen LogP contribution in [0.15, 0.2) is 66.7 Å². The number of rotatable bonds is 4. The Balaban J connectivity index is 2.41. The zero-order chi connectivity index (χ0) is 12.8. The van der Waals surface area contributed by atoms with Crippen molar-refractivity contribution in [3.63, 3.8) is 0 Å². The Kier molecular flexibility index (Phi) is 4.19. The van der Waals surface area contributed by atoms with Crippen LogP contribution >= 0.6 is 0 Å². The smallest absolute Gasteiger partial charge is 0.119 e. The minimum atomic E-state index is 0.284. The average molecular weight is 238 g/mol. The molecular formula is C17H18O. The van der Waals surface area contributed by atoms with Crippen LogP contribution in [0.5, 0.6) is 5.75 Å². The highest BCUT2D eigenvalue weighted by atomic mass is 16.5. The lowest BCUT2D eigenvalue weighted by Gasteiger charge is -2.14. The number of ether oxygens (including phenoxy) is 1. The second-order valence-electron chi connectivity index (χ2n) is 4.19. The lowest BCUT2D eigenvalue weighted by molar-refractivity contribution is 0.414. The molecule has 92 valence electrons. The highest BCUT2D eigenvalue weighted by Gasteiger charge is 2.10. The van der Waals surface area contributed by atoms with Gasteiger partial charge in [-0.1, -0.05) is 54.6 Å². The second kappa shape index (κ2) is 6.06. The molecule has 18 heavy (non-hydrogen) atoms. The van der Waals surface area contributed by atoms with Gasteiger partial charge in [0.15, 0.2) is 0 Å². The zero-order valence-electron chi connectivity index (χ0n) is 10.8. The molecule has 0 radical (unpaired) electrons. The monoisotopic (exact) mass is 238 g/mol. The lowest BCUT2D eigenvalue weighted by atomic mass is 9.91. The Bertz CT molecular complexity index is 514. The van der Waals surface area contributed by atoms with E-state index < -0.39 is 0 Å². The molecule has 2 rings (SSSR count). The third-order valence-corrected chi connectivity index (χ3v) is 3.00. The van der Waals surface area contributed by atoms with Crippen molar-refractivity contribution in [3.8, 4) is 5.75 Å². The quantitative estimate of drug-likeness (QED) is 0.717. The Morgan fingerprint density at radius 3 is 2.33 bits per heavy atom. The summed E-state index contributed by atoms with van der Waals surface area (Å²) in [5.41, 5.74) is 2.54.